The first-order chi connectivity index (χ1) is 8.42. The number of rotatable bonds is 5. The van der Waals surface area contributed by atoms with Crippen LogP contribution in [0.5, 0.6) is 0 Å². The lowest BCUT2D eigenvalue weighted by Gasteiger charge is -2.28. The standard InChI is InChI=1S/C11H19F3N2O2/c1-2-4-16(8-11(12,13)14)10(17)6-9-7-15-3-5-18-9/h9,15H,2-8H2,1H3. The molecule has 1 fully saturated rings. The summed E-state index contributed by atoms with van der Waals surface area (Å²) in [5.41, 5.74) is 0. The van der Waals surface area contributed by atoms with E-state index >= 15 is 0 Å². The molecule has 106 valence electrons. The number of hydrogen-bond donors (Lipinski definition) is 1. The quantitative estimate of drug-likeness (QED) is 0.813. The van der Waals surface area contributed by atoms with Crippen LogP contribution in [0, 0.1) is 0 Å². The molecule has 0 aromatic rings. The summed E-state index contributed by atoms with van der Waals surface area (Å²) in [4.78, 5) is 12.7. The van der Waals surface area contributed by atoms with Gasteiger partial charge in [-0.3, -0.25) is 4.79 Å². The van der Waals surface area contributed by atoms with Gasteiger partial charge in [-0.15, -0.1) is 0 Å². The third-order valence-corrected chi connectivity index (χ3v) is 2.62. The Balaban J connectivity index is 2.47. The van der Waals surface area contributed by atoms with Crippen molar-refractivity contribution in [2.24, 2.45) is 0 Å². The number of ether oxygens (including phenoxy) is 1. The molecule has 18 heavy (non-hydrogen) atoms. The molecule has 0 aromatic carbocycles. The van der Waals surface area contributed by atoms with E-state index in [9.17, 15) is 18.0 Å². The van der Waals surface area contributed by atoms with Crippen LogP contribution in [0.25, 0.3) is 0 Å². The molecular formula is C11H19F3N2O2. The summed E-state index contributed by atoms with van der Waals surface area (Å²) in [6, 6.07) is 0. The number of amides is 1. The van der Waals surface area contributed by atoms with Crippen LogP contribution >= 0.6 is 0 Å². The van der Waals surface area contributed by atoms with Crippen molar-refractivity contribution in [2.45, 2.75) is 32.0 Å². The zero-order valence-corrected chi connectivity index (χ0v) is 10.4. The number of carbonyl (C=O) groups is 1. The summed E-state index contributed by atoms with van der Waals surface area (Å²) in [5.74, 6) is -0.497. The minimum Gasteiger partial charge on any atom is -0.375 e. The SMILES string of the molecule is CCCN(CC(F)(F)F)C(=O)CC1CNCCO1. The topological polar surface area (TPSA) is 41.6 Å². The Labute approximate surface area is 104 Å². The van der Waals surface area contributed by atoms with Crippen LogP contribution in [-0.4, -0.2) is 55.9 Å². The number of carbonyl (C=O) groups excluding carboxylic acids is 1. The number of nitrogens with one attached hydrogen (secondary N) is 1. The average Bonchev–Trinajstić information content (AvgIpc) is 2.28. The lowest BCUT2D eigenvalue weighted by atomic mass is 10.2. The molecule has 1 rings (SSSR count). The second kappa shape index (κ2) is 6.94. The zero-order chi connectivity index (χ0) is 13.6. The van der Waals surface area contributed by atoms with E-state index in [-0.39, 0.29) is 19.1 Å². The molecule has 1 N–H and O–H groups in total. The zero-order valence-electron chi connectivity index (χ0n) is 10.4. The molecule has 1 amide bonds. The summed E-state index contributed by atoms with van der Waals surface area (Å²) in [6.45, 7) is 2.41. The van der Waals surface area contributed by atoms with Gasteiger partial charge in [-0.05, 0) is 6.42 Å². The second-order valence-electron chi connectivity index (χ2n) is 4.33. The third kappa shape index (κ3) is 5.68. The Kier molecular flexibility index (Phi) is 5.87. The summed E-state index contributed by atoms with van der Waals surface area (Å²) < 4.78 is 42.3. The van der Waals surface area contributed by atoms with Gasteiger partial charge in [-0.1, -0.05) is 6.92 Å². The van der Waals surface area contributed by atoms with E-state index in [1.165, 1.54) is 0 Å². The Morgan fingerprint density at radius 3 is 2.72 bits per heavy atom. The van der Waals surface area contributed by atoms with Crippen molar-refractivity contribution < 1.29 is 22.7 Å². The largest absolute Gasteiger partial charge is 0.406 e. The molecule has 1 unspecified atom stereocenters. The van der Waals surface area contributed by atoms with Crippen molar-refractivity contribution in [3.8, 4) is 0 Å². The third-order valence-electron chi connectivity index (χ3n) is 2.62. The summed E-state index contributed by atoms with van der Waals surface area (Å²) >= 11 is 0. The first-order valence-electron chi connectivity index (χ1n) is 6.09. The van der Waals surface area contributed by atoms with Gasteiger partial charge in [0.15, 0.2) is 0 Å². The van der Waals surface area contributed by atoms with Gasteiger partial charge in [0.1, 0.15) is 6.54 Å². The van der Waals surface area contributed by atoms with Crippen LogP contribution in [0.15, 0.2) is 0 Å². The maximum absolute atomic E-state index is 12.3. The van der Waals surface area contributed by atoms with Crippen LogP contribution in [0.1, 0.15) is 19.8 Å². The predicted octanol–water partition coefficient (Wildman–Crippen LogP) is 1.17. The molecule has 7 heteroatoms. The maximum Gasteiger partial charge on any atom is 0.406 e. The number of halogens is 3. The van der Waals surface area contributed by atoms with Crippen molar-refractivity contribution in [3.05, 3.63) is 0 Å². The minimum atomic E-state index is -4.35. The lowest BCUT2D eigenvalue weighted by Crippen LogP contribution is -2.44. The summed E-state index contributed by atoms with van der Waals surface area (Å²) in [6.07, 6.45) is -4.16. The molecule has 1 aliphatic heterocycles. The average molecular weight is 268 g/mol. The predicted molar refractivity (Wildman–Crippen MR) is 60.2 cm³/mol. The maximum atomic E-state index is 12.3. The Bertz CT molecular complexity index is 266. The summed E-state index contributed by atoms with van der Waals surface area (Å²) in [7, 11) is 0. The van der Waals surface area contributed by atoms with Crippen LogP contribution in [0.2, 0.25) is 0 Å². The fraction of sp³-hybridized carbons (Fsp3) is 0.909. The van der Waals surface area contributed by atoms with Gasteiger partial charge < -0.3 is 15.0 Å². The van der Waals surface area contributed by atoms with E-state index < -0.39 is 18.6 Å². The lowest BCUT2D eigenvalue weighted by molar-refractivity contribution is -0.163. The summed E-state index contributed by atoms with van der Waals surface area (Å²) in [5, 5.41) is 3.04. The Morgan fingerprint density at radius 1 is 1.50 bits per heavy atom. The molecule has 0 aromatic heterocycles. The van der Waals surface area contributed by atoms with Crippen LogP contribution in [0.3, 0.4) is 0 Å². The smallest absolute Gasteiger partial charge is 0.375 e. The van der Waals surface area contributed by atoms with E-state index in [4.69, 9.17) is 4.74 Å². The normalized spacial score (nSPS) is 20.8. The number of nitrogens with zero attached hydrogens (tertiary/aromatic N) is 1. The van der Waals surface area contributed by atoms with Gasteiger partial charge >= 0.3 is 6.18 Å². The first kappa shape index (κ1) is 15.2. The molecule has 1 saturated heterocycles. The van der Waals surface area contributed by atoms with E-state index in [2.05, 4.69) is 5.32 Å². The Hall–Kier alpha value is -0.820. The molecule has 0 bridgehead atoms. The number of morpholine rings is 1. The highest BCUT2D eigenvalue weighted by atomic mass is 19.4. The molecule has 0 saturated carbocycles. The molecule has 0 spiro atoms. The Morgan fingerprint density at radius 2 is 2.22 bits per heavy atom. The highest BCUT2D eigenvalue weighted by molar-refractivity contribution is 5.76. The van der Waals surface area contributed by atoms with Crippen molar-refractivity contribution in [1.82, 2.24) is 10.2 Å². The highest BCUT2D eigenvalue weighted by Gasteiger charge is 2.33. The minimum absolute atomic E-state index is 0.00306. The molecule has 0 radical (unpaired) electrons. The van der Waals surface area contributed by atoms with Gasteiger partial charge in [0, 0.05) is 19.6 Å². The van der Waals surface area contributed by atoms with Crippen molar-refractivity contribution in [1.29, 1.82) is 0 Å². The number of alkyl halides is 3. The van der Waals surface area contributed by atoms with E-state index in [1.54, 1.807) is 6.92 Å². The van der Waals surface area contributed by atoms with E-state index in [1.807, 2.05) is 0 Å². The van der Waals surface area contributed by atoms with Crippen LogP contribution in [0.4, 0.5) is 13.2 Å². The van der Waals surface area contributed by atoms with Crippen molar-refractivity contribution in [3.63, 3.8) is 0 Å². The molecule has 0 aliphatic carbocycles. The second-order valence-corrected chi connectivity index (χ2v) is 4.33. The van der Waals surface area contributed by atoms with Crippen molar-refractivity contribution in [2.75, 3.05) is 32.8 Å². The fourth-order valence-corrected chi connectivity index (χ4v) is 1.85. The molecule has 1 heterocycles. The molecular weight excluding hydrogens is 249 g/mol. The molecule has 4 nitrogen and oxygen atoms in total. The van der Waals surface area contributed by atoms with Gasteiger partial charge in [-0.2, -0.15) is 13.2 Å². The molecule has 1 atom stereocenters. The van der Waals surface area contributed by atoms with Gasteiger partial charge in [0.25, 0.3) is 0 Å². The van der Waals surface area contributed by atoms with E-state index in [0.717, 1.165) is 4.90 Å². The molecule has 1 aliphatic rings. The monoisotopic (exact) mass is 268 g/mol. The fourth-order valence-electron chi connectivity index (χ4n) is 1.85. The van der Waals surface area contributed by atoms with Gasteiger partial charge in [-0.25, -0.2) is 0 Å². The van der Waals surface area contributed by atoms with Crippen LogP contribution in [-0.2, 0) is 9.53 Å². The van der Waals surface area contributed by atoms with Gasteiger partial charge in [0.2, 0.25) is 5.91 Å². The van der Waals surface area contributed by atoms with Crippen LogP contribution < -0.4 is 5.32 Å². The van der Waals surface area contributed by atoms with E-state index in [0.29, 0.717) is 26.1 Å². The highest BCUT2D eigenvalue weighted by Crippen LogP contribution is 2.18. The van der Waals surface area contributed by atoms with Gasteiger partial charge in [0.05, 0.1) is 19.1 Å². The first-order valence-corrected chi connectivity index (χ1v) is 6.09. The number of hydrogen-bond acceptors (Lipinski definition) is 3. The van der Waals surface area contributed by atoms with Crippen molar-refractivity contribution >= 4 is 5.91 Å².